The smallest absolute Gasteiger partial charge is 0.434 e. The van der Waals surface area contributed by atoms with Crippen molar-refractivity contribution in [3.8, 4) is 0 Å². The third-order valence-electron chi connectivity index (χ3n) is 3.74. The molecule has 0 heterocycles. The molecule has 2 nitrogen and oxygen atoms in total. The van der Waals surface area contributed by atoms with Crippen LogP contribution in [0.3, 0.4) is 0 Å². The molecule has 2 aliphatic rings. The molecule has 7 heteroatoms. The first-order valence-electron chi connectivity index (χ1n) is 5.27. The predicted octanol–water partition coefficient (Wildman–Crippen LogP) is 2.92. The van der Waals surface area contributed by atoms with Crippen molar-refractivity contribution in [1.29, 1.82) is 0 Å². The SMILES string of the molecule is CC(=O)OC1(C(F)(F)F)C2CCC(C2)C1(F)F. The largest absolute Gasteiger partial charge is 0.443 e. The van der Waals surface area contributed by atoms with E-state index in [1.54, 1.807) is 0 Å². The van der Waals surface area contributed by atoms with Crippen LogP contribution in [0.5, 0.6) is 0 Å². The summed E-state index contributed by atoms with van der Waals surface area (Å²) >= 11 is 0. The number of alkyl halides is 5. The number of esters is 1. The minimum absolute atomic E-state index is 0.0209. The first kappa shape index (κ1) is 12.6. The number of hydrogen-bond acceptors (Lipinski definition) is 2. The normalized spacial score (nSPS) is 39.4. The first-order valence-corrected chi connectivity index (χ1v) is 5.27. The summed E-state index contributed by atoms with van der Waals surface area (Å²) in [5.41, 5.74) is -3.62. The number of ether oxygens (including phenoxy) is 1. The lowest BCUT2D eigenvalue weighted by molar-refractivity contribution is -0.349. The Labute approximate surface area is 94.1 Å². The number of carbonyl (C=O) groups excluding carboxylic acids is 1. The van der Waals surface area contributed by atoms with Gasteiger partial charge >= 0.3 is 12.1 Å². The molecule has 98 valence electrons. The second-order valence-corrected chi connectivity index (χ2v) is 4.66. The molecular weight excluding hydrogens is 247 g/mol. The molecule has 2 bridgehead atoms. The molecule has 0 aromatic heterocycles. The molecule has 0 aromatic rings. The van der Waals surface area contributed by atoms with E-state index in [0.29, 0.717) is 0 Å². The van der Waals surface area contributed by atoms with Crippen LogP contribution in [0, 0.1) is 11.8 Å². The van der Waals surface area contributed by atoms with Gasteiger partial charge in [-0.05, 0) is 19.3 Å². The van der Waals surface area contributed by atoms with Gasteiger partial charge in [0.05, 0.1) is 0 Å². The molecule has 0 aromatic carbocycles. The zero-order valence-electron chi connectivity index (χ0n) is 8.98. The highest BCUT2D eigenvalue weighted by molar-refractivity contribution is 5.67. The first-order chi connectivity index (χ1) is 7.63. The fourth-order valence-electron chi connectivity index (χ4n) is 3.11. The monoisotopic (exact) mass is 258 g/mol. The highest BCUT2D eigenvalue weighted by Gasteiger charge is 2.83. The van der Waals surface area contributed by atoms with Crippen LogP contribution in [0.4, 0.5) is 22.0 Å². The fraction of sp³-hybridized carbons (Fsp3) is 0.900. The summed E-state index contributed by atoms with van der Waals surface area (Å²) in [5.74, 6) is -8.02. The van der Waals surface area contributed by atoms with E-state index in [2.05, 4.69) is 4.74 Å². The second-order valence-electron chi connectivity index (χ2n) is 4.66. The fourth-order valence-corrected chi connectivity index (χ4v) is 3.11. The Morgan fingerprint density at radius 2 is 1.76 bits per heavy atom. The van der Waals surface area contributed by atoms with Gasteiger partial charge in [-0.15, -0.1) is 0 Å². The molecule has 2 aliphatic carbocycles. The Morgan fingerprint density at radius 1 is 1.24 bits per heavy atom. The van der Waals surface area contributed by atoms with Crippen LogP contribution in [-0.2, 0) is 9.53 Å². The average Bonchev–Trinajstić information content (AvgIpc) is 2.65. The topological polar surface area (TPSA) is 26.3 Å². The molecule has 3 atom stereocenters. The van der Waals surface area contributed by atoms with Crippen LogP contribution in [0.15, 0.2) is 0 Å². The highest BCUT2D eigenvalue weighted by Crippen LogP contribution is 2.66. The lowest BCUT2D eigenvalue weighted by atomic mass is 9.80. The number of rotatable bonds is 1. The van der Waals surface area contributed by atoms with Crippen LogP contribution in [-0.4, -0.2) is 23.7 Å². The van der Waals surface area contributed by atoms with Gasteiger partial charge < -0.3 is 4.74 Å². The quantitative estimate of drug-likeness (QED) is 0.534. The molecular formula is C10H11F5O2. The standard InChI is InChI=1S/C10H11F5O2/c1-5(16)17-8(10(13,14)15)6-2-3-7(4-6)9(8,11)12/h6-7H,2-4H2,1H3. The third-order valence-corrected chi connectivity index (χ3v) is 3.74. The average molecular weight is 258 g/mol. The van der Waals surface area contributed by atoms with Crippen molar-refractivity contribution < 1.29 is 31.5 Å². The Morgan fingerprint density at radius 3 is 2.12 bits per heavy atom. The molecule has 2 fully saturated rings. The summed E-state index contributed by atoms with van der Waals surface area (Å²) in [7, 11) is 0. The van der Waals surface area contributed by atoms with E-state index in [0.717, 1.165) is 6.92 Å². The molecule has 2 saturated carbocycles. The molecule has 3 unspecified atom stereocenters. The highest BCUT2D eigenvalue weighted by atomic mass is 19.4. The zero-order chi connectivity index (χ0) is 13.1. The number of halogens is 5. The Kier molecular flexibility index (Phi) is 2.46. The summed E-state index contributed by atoms with van der Waals surface area (Å²) < 4.78 is 70.7. The van der Waals surface area contributed by atoms with Crippen molar-refractivity contribution in [3.63, 3.8) is 0 Å². The van der Waals surface area contributed by atoms with E-state index < -0.39 is 35.5 Å². The van der Waals surface area contributed by atoms with Crippen LogP contribution in [0.1, 0.15) is 26.2 Å². The van der Waals surface area contributed by atoms with Crippen molar-refractivity contribution in [1.82, 2.24) is 0 Å². The Balaban J connectivity index is 2.50. The molecule has 0 N–H and O–H groups in total. The molecule has 2 rings (SSSR count). The van der Waals surface area contributed by atoms with Crippen molar-refractivity contribution in [3.05, 3.63) is 0 Å². The third kappa shape index (κ3) is 1.40. The van der Waals surface area contributed by atoms with Gasteiger partial charge in [0, 0.05) is 18.8 Å². The maximum atomic E-state index is 13.8. The van der Waals surface area contributed by atoms with E-state index in [4.69, 9.17) is 0 Å². The summed E-state index contributed by atoms with van der Waals surface area (Å²) in [6, 6.07) is 0. The Bertz CT molecular complexity index is 351. The van der Waals surface area contributed by atoms with Gasteiger partial charge in [0.25, 0.3) is 11.5 Å². The molecule has 0 aliphatic heterocycles. The molecule has 0 spiro atoms. The van der Waals surface area contributed by atoms with Crippen LogP contribution >= 0.6 is 0 Å². The van der Waals surface area contributed by atoms with Crippen molar-refractivity contribution >= 4 is 5.97 Å². The van der Waals surface area contributed by atoms with E-state index >= 15 is 0 Å². The van der Waals surface area contributed by atoms with Gasteiger partial charge in [-0.25, -0.2) is 8.78 Å². The van der Waals surface area contributed by atoms with Gasteiger partial charge in [0.2, 0.25) is 0 Å². The van der Waals surface area contributed by atoms with Gasteiger partial charge in [0.1, 0.15) is 0 Å². The van der Waals surface area contributed by atoms with E-state index in [9.17, 15) is 26.7 Å². The Hall–Kier alpha value is -0.880. The van der Waals surface area contributed by atoms with E-state index in [1.807, 2.05) is 0 Å². The van der Waals surface area contributed by atoms with Gasteiger partial charge in [-0.3, -0.25) is 4.79 Å². The maximum Gasteiger partial charge on any atom is 0.434 e. The minimum Gasteiger partial charge on any atom is -0.443 e. The van der Waals surface area contributed by atoms with Crippen LogP contribution < -0.4 is 0 Å². The second kappa shape index (κ2) is 3.32. The maximum absolute atomic E-state index is 13.8. The summed E-state index contributed by atoms with van der Waals surface area (Å²) in [6.07, 6.45) is -5.41. The lowest BCUT2D eigenvalue weighted by Crippen LogP contribution is -2.64. The van der Waals surface area contributed by atoms with Crippen molar-refractivity contribution in [2.75, 3.05) is 0 Å². The summed E-state index contributed by atoms with van der Waals surface area (Å²) in [5, 5.41) is 0. The lowest BCUT2D eigenvalue weighted by Gasteiger charge is -2.43. The molecule has 17 heavy (non-hydrogen) atoms. The molecule has 0 saturated heterocycles. The predicted molar refractivity (Wildman–Crippen MR) is 46.3 cm³/mol. The zero-order valence-corrected chi connectivity index (χ0v) is 8.98. The minimum atomic E-state index is -5.25. The summed E-state index contributed by atoms with van der Waals surface area (Å²) in [6.45, 7) is 0.718. The van der Waals surface area contributed by atoms with Gasteiger partial charge in [-0.1, -0.05) is 0 Å². The van der Waals surface area contributed by atoms with Crippen LogP contribution in [0.25, 0.3) is 0 Å². The number of hydrogen-bond donors (Lipinski definition) is 0. The van der Waals surface area contributed by atoms with Gasteiger partial charge in [0.15, 0.2) is 0 Å². The van der Waals surface area contributed by atoms with E-state index in [1.165, 1.54) is 0 Å². The van der Waals surface area contributed by atoms with E-state index in [-0.39, 0.29) is 19.3 Å². The van der Waals surface area contributed by atoms with Crippen molar-refractivity contribution in [2.24, 2.45) is 11.8 Å². The molecule has 0 radical (unpaired) electrons. The number of carbonyl (C=O) groups is 1. The number of fused-ring (bicyclic) bond motifs is 2. The van der Waals surface area contributed by atoms with Crippen LogP contribution in [0.2, 0.25) is 0 Å². The van der Waals surface area contributed by atoms with Gasteiger partial charge in [-0.2, -0.15) is 13.2 Å². The van der Waals surface area contributed by atoms with Crippen molar-refractivity contribution in [2.45, 2.75) is 43.9 Å². The summed E-state index contributed by atoms with van der Waals surface area (Å²) in [4.78, 5) is 10.8. The molecule has 0 amide bonds.